The summed E-state index contributed by atoms with van der Waals surface area (Å²) in [5, 5.41) is 18.0. The number of sulfonamides is 1. The van der Waals surface area contributed by atoms with Gasteiger partial charge < -0.3 is 10.3 Å². The molecular formula is C9H12N6O4S2. The molecule has 0 aliphatic heterocycles. The molecule has 2 rings (SSSR count). The molecular weight excluding hydrogens is 320 g/mol. The van der Waals surface area contributed by atoms with Gasteiger partial charge in [-0.2, -0.15) is 4.72 Å². The van der Waals surface area contributed by atoms with Crippen molar-refractivity contribution < 1.29 is 13.3 Å². The van der Waals surface area contributed by atoms with Gasteiger partial charge in [0.15, 0.2) is 5.00 Å². The van der Waals surface area contributed by atoms with Crippen LogP contribution >= 0.6 is 11.3 Å². The number of aryl methyl sites for hydroxylation is 1. The Labute approximate surface area is 123 Å². The smallest absolute Gasteiger partial charge is 0.304 e. The largest absolute Gasteiger partial charge is 0.385 e. The number of nitrogen functional groups attached to an aromatic ring is 1. The van der Waals surface area contributed by atoms with Crippen LogP contribution in [0.5, 0.6) is 0 Å². The van der Waals surface area contributed by atoms with Crippen molar-refractivity contribution in [2.24, 2.45) is 7.05 Å². The van der Waals surface area contributed by atoms with Crippen molar-refractivity contribution in [1.82, 2.24) is 19.5 Å². The van der Waals surface area contributed by atoms with E-state index >= 15 is 0 Å². The highest BCUT2D eigenvalue weighted by Crippen LogP contribution is 2.34. The van der Waals surface area contributed by atoms with E-state index in [2.05, 4.69) is 14.9 Å². The van der Waals surface area contributed by atoms with Crippen LogP contribution in [0, 0.1) is 10.1 Å². The Morgan fingerprint density at radius 1 is 1.57 bits per heavy atom. The van der Waals surface area contributed by atoms with Crippen LogP contribution in [-0.4, -0.2) is 28.1 Å². The summed E-state index contributed by atoms with van der Waals surface area (Å²) in [6, 6.07) is 0.288. The Morgan fingerprint density at radius 3 is 2.71 bits per heavy atom. The van der Waals surface area contributed by atoms with E-state index in [0.29, 0.717) is 17.2 Å². The van der Waals surface area contributed by atoms with Crippen molar-refractivity contribution in [1.29, 1.82) is 0 Å². The maximum Gasteiger partial charge on any atom is 0.304 e. The minimum atomic E-state index is -3.93. The number of hydrogen-bond acceptors (Lipinski definition) is 8. The summed E-state index contributed by atoms with van der Waals surface area (Å²) in [5.41, 5.74) is 5.02. The average Bonchev–Trinajstić information content (AvgIpc) is 2.94. The van der Waals surface area contributed by atoms with Crippen molar-refractivity contribution in [2.75, 3.05) is 5.73 Å². The van der Waals surface area contributed by atoms with Crippen molar-refractivity contribution >= 4 is 32.0 Å². The lowest BCUT2D eigenvalue weighted by Gasteiger charge is -2.12. The van der Waals surface area contributed by atoms with Crippen LogP contribution in [0.3, 0.4) is 0 Å². The van der Waals surface area contributed by atoms with Gasteiger partial charge in [0, 0.05) is 13.1 Å². The number of nitrogens with one attached hydrogen (secondary N) is 1. The second-order valence-electron chi connectivity index (χ2n) is 4.22. The van der Waals surface area contributed by atoms with Crippen molar-refractivity contribution in [3.05, 3.63) is 28.3 Å². The first-order valence-electron chi connectivity index (χ1n) is 5.62. The number of anilines is 1. The zero-order valence-corrected chi connectivity index (χ0v) is 12.7. The Balaban J connectivity index is 2.29. The van der Waals surface area contributed by atoms with Crippen LogP contribution in [0.1, 0.15) is 18.8 Å². The molecule has 0 aromatic carbocycles. The van der Waals surface area contributed by atoms with E-state index in [-0.39, 0.29) is 9.21 Å². The number of nitrogens with two attached hydrogens (primary N) is 1. The molecule has 12 heteroatoms. The lowest BCUT2D eigenvalue weighted by molar-refractivity contribution is -0.383. The Morgan fingerprint density at radius 2 is 2.24 bits per heavy atom. The van der Waals surface area contributed by atoms with Gasteiger partial charge >= 0.3 is 5.69 Å². The number of aromatic nitrogens is 3. The van der Waals surface area contributed by atoms with Crippen LogP contribution < -0.4 is 10.5 Å². The van der Waals surface area contributed by atoms with Gasteiger partial charge in [-0.25, -0.2) is 8.42 Å². The van der Waals surface area contributed by atoms with Crippen molar-refractivity contribution in [3.8, 4) is 0 Å². The van der Waals surface area contributed by atoms with E-state index in [1.54, 1.807) is 18.5 Å². The van der Waals surface area contributed by atoms with E-state index < -0.39 is 26.7 Å². The summed E-state index contributed by atoms with van der Waals surface area (Å²) < 4.78 is 28.1. The Kier molecular flexibility index (Phi) is 3.93. The summed E-state index contributed by atoms with van der Waals surface area (Å²) in [7, 11) is -2.26. The highest BCUT2D eigenvalue weighted by molar-refractivity contribution is 7.91. The highest BCUT2D eigenvalue weighted by atomic mass is 32.2. The lowest BCUT2D eigenvalue weighted by Crippen LogP contribution is -2.28. The summed E-state index contributed by atoms with van der Waals surface area (Å²) in [4.78, 5) is 9.99. The summed E-state index contributed by atoms with van der Waals surface area (Å²) >= 11 is 0.636. The van der Waals surface area contributed by atoms with Gasteiger partial charge in [-0.3, -0.25) is 10.1 Å². The monoisotopic (exact) mass is 332 g/mol. The number of nitro groups is 1. The Hall–Kier alpha value is -2.05. The molecule has 0 spiro atoms. The molecule has 0 aliphatic carbocycles. The number of nitrogens with zero attached hydrogens (tertiary/aromatic N) is 4. The first-order valence-corrected chi connectivity index (χ1v) is 7.92. The molecule has 0 bridgehead atoms. The van der Waals surface area contributed by atoms with Gasteiger partial charge in [-0.15, -0.1) is 10.2 Å². The minimum absolute atomic E-state index is 0.160. The Bertz CT molecular complexity index is 780. The van der Waals surface area contributed by atoms with Gasteiger partial charge in [0.2, 0.25) is 0 Å². The molecule has 2 aromatic heterocycles. The van der Waals surface area contributed by atoms with Crippen LogP contribution in [0.15, 0.2) is 16.6 Å². The predicted molar refractivity (Wildman–Crippen MR) is 75.1 cm³/mol. The fraction of sp³-hybridized carbons (Fsp3) is 0.333. The zero-order chi connectivity index (χ0) is 15.8. The lowest BCUT2D eigenvalue weighted by atomic mass is 10.3. The molecule has 3 N–H and O–H groups in total. The maximum absolute atomic E-state index is 12.2. The second-order valence-corrected chi connectivity index (χ2v) is 7.24. The summed E-state index contributed by atoms with van der Waals surface area (Å²) in [6.07, 6.45) is 1.44. The molecule has 0 radical (unpaired) electrons. The molecule has 10 nitrogen and oxygen atoms in total. The van der Waals surface area contributed by atoms with E-state index in [0.717, 1.165) is 6.07 Å². The fourth-order valence-electron chi connectivity index (χ4n) is 1.68. The number of thiophene rings is 1. The summed E-state index contributed by atoms with van der Waals surface area (Å²) in [6.45, 7) is 1.59. The van der Waals surface area contributed by atoms with Crippen LogP contribution in [0.25, 0.3) is 0 Å². The molecule has 1 atom stereocenters. The van der Waals surface area contributed by atoms with Crippen molar-refractivity contribution in [3.63, 3.8) is 0 Å². The molecule has 0 fully saturated rings. The first kappa shape index (κ1) is 15.3. The molecule has 2 heterocycles. The highest BCUT2D eigenvalue weighted by Gasteiger charge is 2.27. The normalized spacial score (nSPS) is 13.2. The van der Waals surface area contributed by atoms with Gasteiger partial charge in [0.05, 0.1) is 11.0 Å². The topological polar surface area (TPSA) is 146 Å². The zero-order valence-electron chi connectivity index (χ0n) is 11.0. The molecule has 114 valence electrons. The maximum atomic E-state index is 12.2. The molecule has 1 unspecified atom stereocenters. The quantitative estimate of drug-likeness (QED) is 0.595. The standard InChI is InChI=1S/C9H12N6O4S2/c1-5(9-12-11-4-14(9)2)13-21(18,19)7-3-6(15(16)17)8(10)20-7/h3-5,13H,10H2,1-2H3. The average molecular weight is 332 g/mol. The minimum Gasteiger partial charge on any atom is -0.385 e. The van der Waals surface area contributed by atoms with Crippen molar-refractivity contribution in [2.45, 2.75) is 17.2 Å². The summed E-state index contributed by atoms with van der Waals surface area (Å²) in [5.74, 6) is 0.414. The first-order chi connectivity index (χ1) is 9.72. The molecule has 0 aliphatic rings. The predicted octanol–water partition coefficient (Wildman–Crippen LogP) is 0.406. The van der Waals surface area contributed by atoms with E-state index in [4.69, 9.17) is 5.73 Å². The van der Waals surface area contributed by atoms with Gasteiger partial charge in [-0.1, -0.05) is 11.3 Å². The van der Waals surface area contributed by atoms with E-state index in [1.165, 1.54) is 6.33 Å². The third-order valence-electron chi connectivity index (χ3n) is 2.64. The molecule has 0 saturated carbocycles. The van der Waals surface area contributed by atoms with Gasteiger partial charge in [-0.05, 0) is 6.92 Å². The van der Waals surface area contributed by atoms with E-state index in [1.807, 2.05) is 0 Å². The number of hydrogen-bond donors (Lipinski definition) is 2. The number of rotatable bonds is 5. The molecule has 0 saturated heterocycles. The van der Waals surface area contributed by atoms with Crippen LogP contribution in [0.2, 0.25) is 0 Å². The molecule has 0 amide bonds. The van der Waals surface area contributed by atoms with Gasteiger partial charge in [0.25, 0.3) is 10.0 Å². The molecule has 2 aromatic rings. The van der Waals surface area contributed by atoms with Crippen LogP contribution in [0.4, 0.5) is 10.7 Å². The van der Waals surface area contributed by atoms with Gasteiger partial charge in [0.1, 0.15) is 16.4 Å². The second kappa shape index (κ2) is 5.38. The fourth-order valence-corrected chi connectivity index (χ4v) is 4.11. The third-order valence-corrected chi connectivity index (χ3v) is 5.61. The third kappa shape index (κ3) is 3.01. The molecule has 21 heavy (non-hydrogen) atoms. The van der Waals surface area contributed by atoms with Crippen LogP contribution in [-0.2, 0) is 17.1 Å². The van der Waals surface area contributed by atoms with E-state index in [9.17, 15) is 18.5 Å². The SMILES string of the molecule is CC(NS(=O)(=O)c1cc([N+](=O)[O-])c(N)s1)c1nncn1C.